The van der Waals surface area contributed by atoms with Crippen LogP contribution >= 0.6 is 11.3 Å². The van der Waals surface area contributed by atoms with Crippen LogP contribution < -0.4 is 0 Å². The SMILES string of the molecule is Cc1nc(C2(CC3CC3)CCCN(C(=O)c3cccs3)C2)no1. The van der Waals surface area contributed by atoms with Crippen LogP contribution in [0.3, 0.4) is 0 Å². The number of hydrogen-bond donors (Lipinski definition) is 0. The molecule has 2 fully saturated rings. The minimum Gasteiger partial charge on any atom is -0.340 e. The summed E-state index contributed by atoms with van der Waals surface area (Å²) in [7, 11) is 0. The molecule has 122 valence electrons. The van der Waals surface area contributed by atoms with Gasteiger partial charge in [-0.1, -0.05) is 24.1 Å². The Morgan fingerprint density at radius 3 is 3.04 bits per heavy atom. The molecule has 1 aliphatic heterocycles. The van der Waals surface area contributed by atoms with Gasteiger partial charge in [-0.25, -0.2) is 0 Å². The molecule has 1 saturated heterocycles. The van der Waals surface area contributed by atoms with Gasteiger partial charge >= 0.3 is 0 Å². The standard InChI is InChI=1S/C17H21N3O2S/c1-12-18-16(19-22-12)17(10-13-5-6-13)7-3-8-20(11-17)15(21)14-4-2-9-23-14/h2,4,9,13H,3,5-8,10-11H2,1H3. The Morgan fingerprint density at radius 2 is 2.39 bits per heavy atom. The summed E-state index contributed by atoms with van der Waals surface area (Å²) in [6, 6.07) is 3.84. The molecule has 0 aromatic carbocycles. The predicted molar refractivity (Wildman–Crippen MR) is 87.5 cm³/mol. The quantitative estimate of drug-likeness (QED) is 0.861. The van der Waals surface area contributed by atoms with E-state index in [0.29, 0.717) is 12.4 Å². The maximum Gasteiger partial charge on any atom is 0.263 e. The molecule has 1 aliphatic carbocycles. The lowest BCUT2D eigenvalue weighted by Crippen LogP contribution is -2.49. The third kappa shape index (κ3) is 2.92. The molecular weight excluding hydrogens is 310 g/mol. The molecule has 5 nitrogen and oxygen atoms in total. The maximum absolute atomic E-state index is 12.8. The van der Waals surface area contributed by atoms with Gasteiger partial charge in [0, 0.05) is 20.0 Å². The van der Waals surface area contributed by atoms with Crippen molar-refractivity contribution >= 4 is 17.2 Å². The molecule has 1 saturated carbocycles. The van der Waals surface area contributed by atoms with Crippen LogP contribution in [-0.4, -0.2) is 34.0 Å². The van der Waals surface area contributed by atoms with Crippen LogP contribution in [0.15, 0.2) is 22.0 Å². The number of rotatable bonds is 4. The number of carbonyl (C=O) groups excluding carboxylic acids is 1. The highest BCUT2D eigenvalue weighted by Crippen LogP contribution is 2.45. The van der Waals surface area contributed by atoms with Crippen molar-refractivity contribution in [1.82, 2.24) is 15.0 Å². The van der Waals surface area contributed by atoms with Gasteiger partial charge < -0.3 is 9.42 Å². The van der Waals surface area contributed by atoms with Gasteiger partial charge in [-0.05, 0) is 36.6 Å². The van der Waals surface area contributed by atoms with E-state index in [9.17, 15) is 4.79 Å². The molecule has 2 aliphatic rings. The number of aromatic nitrogens is 2. The van der Waals surface area contributed by atoms with Crippen molar-refractivity contribution in [3.63, 3.8) is 0 Å². The van der Waals surface area contributed by atoms with Crippen LogP contribution in [0, 0.1) is 12.8 Å². The highest BCUT2D eigenvalue weighted by Gasteiger charge is 2.45. The Labute approximate surface area is 139 Å². The van der Waals surface area contributed by atoms with E-state index in [1.807, 2.05) is 29.3 Å². The van der Waals surface area contributed by atoms with Gasteiger partial charge in [0.15, 0.2) is 5.82 Å². The van der Waals surface area contributed by atoms with Crippen molar-refractivity contribution in [3.8, 4) is 0 Å². The van der Waals surface area contributed by atoms with E-state index < -0.39 is 0 Å². The number of hydrogen-bond acceptors (Lipinski definition) is 5. The smallest absolute Gasteiger partial charge is 0.263 e. The second-order valence-corrected chi connectivity index (χ2v) is 7.82. The van der Waals surface area contributed by atoms with Crippen LogP contribution in [0.5, 0.6) is 0 Å². The molecule has 0 spiro atoms. The molecule has 0 bridgehead atoms. The third-order valence-corrected chi connectivity index (χ3v) is 5.83. The fraction of sp³-hybridized carbons (Fsp3) is 0.588. The van der Waals surface area contributed by atoms with Crippen LogP contribution in [0.25, 0.3) is 0 Å². The van der Waals surface area contributed by atoms with E-state index in [0.717, 1.165) is 42.4 Å². The second kappa shape index (κ2) is 5.74. The van der Waals surface area contributed by atoms with Gasteiger partial charge in [-0.2, -0.15) is 4.98 Å². The summed E-state index contributed by atoms with van der Waals surface area (Å²) in [5.41, 5.74) is -0.135. The van der Waals surface area contributed by atoms with Crippen LogP contribution in [0.4, 0.5) is 0 Å². The van der Waals surface area contributed by atoms with Crippen molar-refractivity contribution in [2.24, 2.45) is 5.92 Å². The van der Waals surface area contributed by atoms with Gasteiger partial charge in [0.1, 0.15) is 0 Å². The zero-order chi connectivity index (χ0) is 15.9. The molecule has 2 aromatic heterocycles. The molecule has 2 aromatic rings. The molecule has 1 atom stereocenters. The zero-order valence-electron chi connectivity index (χ0n) is 13.3. The summed E-state index contributed by atoms with van der Waals surface area (Å²) < 4.78 is 5.25. The Kier molecular flexibility index (Phi) is 3.71. The lowest BCUT2D eigenvalue weighted by atomic mass is 9.75. The largest absolute Gasteiger partial charge is 0.340 e. The van der Waals surface area contributed by atoms with Crippen molar-refractivity contribution in [1.29, 1.82) is 0 Å². The topological polar surface area (TPSA) is 59.2 Å². The molecule has 0 radical (unpaired) electrons. The fourth-order valence-electron chi connectivity index (χ4n) is 3.69. The van der Waals surface area contributed by atoms with E-state index in [1.54, 1.807) is 0 Å². The van der Waals surface area contributed by atoms with E-state index in [-0.39, 0.29) is 11.3 Å². The Morgan fingerprint density at radius 1 is 1.52 bits per heavy atom. The van der Waals surface area contributed by atoms with Gasteiger partial charge in [0.2, 0.25) is 5.89 Å². The summed E-state index contributed by atoms with van der Waals surface area (Å²) >= 11 is 1.51. The molecule has 1 unspecified atom stereocenters. The number of amides is 1. The first-order valence-electron chi connectivity index (χ1n) is 8.30. The van der Waals surface area contributed by atoms with Crippen LogP contribution in [0.1, 0.15) is 53.5 Å². The van der Waals surface area contributed by atoms with E-state index in [1.165, 1.54) is 24.2 Å². The number of piperidine rings is 1. The Bertz CT molecular complexity index is 693. The average Bonchev–Trinajstić information content (AvgIpc) is 3.04. The van der Waals surface area contributed by atoms with E-state index in [2.05, 4.69) is 10.1 Å². The molecular formula is C17H21N3O2S. The highest BCUT2D eigenvalue weighted by molar-refractivity contribution is 7.12. The minimum atomic E-state index is -0.135. The summed E-state index contributed by atoms with van der Waals surface area (Å²) in [4.78, 5) is 20.1. The summed E-state index contributed by atoms with van der Waals surface area (Å²) in [6.45, 7) is 3.36. The number of nitrogens with zero attached hydrogens (tertiary/aromatic N) is 3. The van der Waals surface area contributed by atoms with Crippen LogP contribution in [0.2, 0.25) is 0 Å². The van der Waals surface area contributed by atoms with Gasteiger partial charge in [0.25, 0.3) is 5.91 Å². The Balaban J connectivity index is 1.61. The maximum atomic E-state index is 12.8. The lowest BCUT2D eigenvalue weighted by Gasteiger charge is -2.41. The van der Waals surface area contributed by atoms with Crippen molar-refractivity contribution in [3.05, 3.63) is 34.1 Å². The summed E-state index contributed by atoms with van der Waals surface area (Å²) in [5.74, 6) is 2.30. The van der Waals surface area contributed by atoms with Gasteiger partial charge in [0.05, 0.1) is 10.3 Å². The molecule has 1 amide bonds. The van der Waals surface area contributed by atoms with Crippen molar-refractivity contribution in [2.45, 2.75) is 44.4 Å². The monoisotopic (exact) mass is 331 g/mol. The number of aryl methyl sites for hydroxylation is 1. The third-order valence-electron chi connectivity index (χ3n) is 4.97. The number of thiophene rings is 1. The first-order chi connectivity index (χ1) is 11.2. The fourth-order valence-corrected chi connectivity index (χ4v) is 4.38. The molecule has 4 rings (SSSR count). The van der Waals surface area contributed by atoms with Crippen molar-refractivity contribution < 1.29 is 9.32 Å². The summed E-state index contributed by atoms with van der Waals surface area (Å²) in [5, 5.41) is 6.18. The Hall–Kier alpha value is -1.69. The lowest BCUT2D eigenvalue weighted by molar-refractivity contribution is 0.0612. The first-order valence-corrected chi connectivity index (χ1v) is 9.18. The zero-order valence-corrected chi connectivity index (χ0v) is 14.1. The number of carbonyl (C=O) groups is 1. The molecule has 3 heterocycles. The highest BCUT2D eigenvalue weighted by atomic mass is 32.1. The van der Waals surface area contributed by atoms with Crippen LogP contribution in [-0.2, 0) is 5.41 Å². The predicted octanol–water partition coefficient (Wildman–Crippen LogP) is 3.41. The van der Waals surface area contributed by atoms with Crippen molar-refractivity contribution in [2.75, 3.05) is 13.1 Å². The molecule has 6 heteroatoms. The van der Waals surface area contributed by atoms with Gasteiger partial charge in [-0.15, -0.1) is 11.3 Å². The molecule has 23 heavy (non-hydrogen) atoms. The normalized spacial score (nSPS) is 24.8. The first kappa shape index (κ1) is 14.9. The van der Waals surface area contributed by atoms with E-state index >= 15 is 0 Å². The molecule has 0 N–H and O–H groups in total. The number of likely N-dealkylation sites (tertiary alicyclic amines) is 1. The summed E-state index contributed by atoms with van der Waals surface area (Å²) in [6.07, 6.45) is 5.68. The average molecular weight is 331 g/mol. The second-order valence-electron chi connectivity index (χ2n) is 6.87. The van der Waals surface area contributed by atoms with Gasteiger partial charge in [-0.3, -0.25) is 4.79 Å². The minimum absolute atomic E-state index is 0.135. The van der Waals surface area contributed by atoms with E-state index in [4.69, 9.17) is 4.52 Å².